The summed E-state index contributed by atoms with van der Waals surface area (Å²) in [5, 5.41) is 0.750. The lowest BCUT2D eigenvalue weighted by atomic mass is 10.1. The highest BCUT2D eigenvalue weighted by atomic mass is 35.5. The largest absolute Gasteiger partial charge is 0.330 e. The standard InChI is InChI=1S/C13H14ClN3/c14-12-4-2-1-3-10(12)9-13-16-8-6-11(17-13)5-7-15/h1-4,6,8H,5,7,9,15H2. The molecule has 1 heterocycles. The third-order valence-corrected chi connectivity index (χ3v) is 2.84. The molecule has 0 saturated heterocycles. The molecule has 0 spiro atoms. The lowest BCUT2D eigenvalue weighted by molar-refractivity contribution is 0.866. The van der Waals surface area contributed by atoms with Gasteiger partial charge in [0.25, 0.3) is 0 Å². The molecule has 2 rings (SSSR count). The van der Waals surface area contributed by atoms with Crippen LogP contribution in [0.25, 0.3) is 0 Å². The second kappa shape index (κ2) is 5.75. The van der Waals surface area contributed by atoms with E-state index < -0.39 is 0 Å². The number of halogens is 1. The maximum atomic E-state index is 6.10. The van der Waals surface area contributed by atoms with Crippen molar-refractivity contribution in [3.8, 4) is 0 Å². The van der Waals surface area contributed by atoms with Crippen LogP contribution in [0.3, 0.4) is 0 Å². The van der Waals surface area contributed by atoms with Crippen LogP contribution in [0, 0.1) is 0 Å². The van der Waals surface area contributed by atoms with Crippen LogP contribution < -0.4 is 5.73 Å². The minimum absolute atomic E-state index is 0.600. The maximum Gasteiger partial charge on any atom is 0.132 e. The van der Waals surface area contributed by atoms with Crippen molar-refractivity contribution in [2.45, 2.75) is 12.8 Å². The molecular formula is C13H14ClN3. The van der Waals surface area contributed by atoms with Crippen LogP contribution in [0.5, 0.6) is 0 Å². The second-order valence-corrected chi connectivity index (χ2v) is 4.18. The molecule has 0 saturated carbocycles. The van der Waals surface area contributed by atoms with Gasteiger partial charge in [0.2, 0.25) is 0 Å². The van der Waals surface area contributed by atoms with E-state index in [-0.39, 0.29) is 0 Å². The summed E-state index contributed by atoms with van der Waals surface area (Å²) in [5.41, 5.74) is 7.52. The van der Waals surface area contributed by atoms with Crippen LogP contribution in [0.4, 0.5) is 0 Å². The van der Waals surface area contributed by atoms with Crippen molar-refractivity contribution in [3.05, 3.63) is 58.6 Å². The van der Waals surface area contributed by atoms with Crippen molar-refractivity contribution in [3.63, 3.8) is 0 Å². The van der Waals surface area contributed by atoms with Gasteiger partial charge in [-0.15, -0.1) is 0 Å². The molecule has 4 heteroatoms. The number of hydrogen-bond donors (Lipinski definition) is 1. The molecule has 0 aliphatic carbocycles. The number of nitrogens with zero attached hydrogens (tertiary/aromatic N) is 2. The molecule has 0 unspecified atom stereocenters. The summed E-state index contributed by atoms with van der Waals surface area (Å²) in [7, 11) is 0. The highest BCUT2D eigenvalue weighted by Gasteiger charge is 2.04. The molecule has 1 aromatic heterocycles. The second-order valence-electron chi connectivity index (χ2n) is 3.77. The Kier molecular flexibility index (Phi) is 4.07. The zero-order valence-corrected chi connectivity index (χ0v) is 10.2. The molecule has 0 aliphatic heterocycles. The Hall–Kier alpha value is -1.45. The molecule has 0 aliphatic rings. The van der Waals surface area contributed by atoms with Crippen LogP contribution in [0.2, 0.25) is 5.02 Å². The Morgan fingerprint density at radius 3 is 2.76 bits per heavy atom. The number of hydrogen-bond acceptors (Lipinski definition) is 3. The molecule has 0 radical (unpaired) electrons. The maximum absolute atomic E-state index is 6.10. The quantitative estimate of drug-likeness (QED) is 0.901. The first kappa shape index (κ1) is 12.0. The smallest absolute Gasteiger partial charge is 0.132 e. The predicted octanol–water partition coefficient (Wildman–Crippen LogP) is 2.22. The summed E-state index contributed by atoms with van der Waals surface area (Å²) >= 11 is 6.10. The van der Waals surface area contributed by atoms with E-state index in [0.717, 1.165) is 28.5 Å². The predicted molar refractivity (Wildman–Crippen MR) is 69.0 cm³/mol. The lowest BCUT2D eigenvalue weighted by Gasteiger charge is -2.04. The van der Waals surface area contributed by atoms with Gasteiger partial charge in [-0.25, -0.2) is 9.97 Å². The van der Waals surface area contributed by atoms with Gasteiger partial charge >= 0.3 is 0 Å². The molecule has 0 atom stereocenters. The lowest BCUT2D eigenvalue weighted by Crippen LogP contribution is -2.06. The molecule has 2 N–H and O–H groups in total. The molecular weight excluding hydrogens is 234 g/mol. The van der Waals surface area contributed by atoms with Gasteiger partial charge in [0.15, 0.2) is 0 Å². The Labute approximate surface area is 106 Å². The first-order valence-corrected chi connectivity index (χ1v) is 5.91. The van der Waals surface area contributed by atoms with Crippen molar-refractivity contribution in [1.82, 2.24) is 9.97 Å². The summed E-state index contributed by atoms with van der Waals surface area (Å²) in [6, 6.07) is 9.63. The number of nitrogens with two attached hydrogens (primary N) is 1. The Morgan fingerprint density at radius 1 is 1.18 bits per heavy atom. The van der Waals surface area contributed by atoms with Crippen LogP contribution in [0.15, 0.2) is 36.5 Å². The van der Waals surface area contributed by atoms with E-state index in [0.29, 0.717) is 13.0 Å². The Morgan fingerprint density at radius 2 is 2.00 bits per heavy atom. The van der Waals surface area contributed by atoms with Gasteiger partial charge in [0, 0.05) is 29.8 Å². The molecule has 17 heavy (non-hydrogen) atoms. The van der Waals surface area contributed by atoms with Crippen molar-refractivity contribution < 1.29 is 0 Å². The summed E-state index contributed by atoms with van der Waals surface area (Å²) in [5.74, 6) is 0.782. The van der Waals surface area contributed by atoms with Crippen molar-refractivity contribution in [1.29, 1.82) is 0 Å². The van der Waals surface area contributed by atoms with E-state index in [1.807, 2.05) is 30.3 Å². The molecule has 1 aromatic carbocycles. The van der Waals surface area contributed by atoms with Crippen LogP contribution in [-0.2, 0) is 12.8 Å². The van der Waals surface area contributed by atoms with Crippen LogP contribution >= 0.6 is 11.6 Å². The number of benzene rings is 1. The minimum atomic E-state index is 0.600. The van der Waals surface area contributed by atoms with E-state index in [4.69, 9.17) is 17.3 Å². The first-order chi connectivity index (χ1) is 8.29. The fourth-order valence-electron chi connectivity index (χ4n) is 1.63. The molecule has 0 amide bonds. The third kappa shape index (κ3) is 3.25. The minimum Gasteiger partial charge on any atom is -0.330 e. The van der Waals surface area contributed by atoms with E-state index in [1.54, 1.807) is 6.20 Å². The van der Waals surface area contributed by atoms with Gasteiger partial charge in [-0.2, -0.15) is 0 Å². The Bertz CT molecular complexity index is 500. The van der Waals surface area contributed by atoms with Gasteiger partial charge in [0.1, 0.15) is 5.82 Å². The van der Waals surface area contributed by atoms with Crippen LogP contribution in [-0.4, -0.2) is 16.5 Å². The summed E-state index contributed by atoms with van der Waals surface area (Å²) < 4.78 is 0. The number of rotatable bonds is 4. The van der Waals surface area contributed by atoms with E-state index >= 15 is 0 Å². The zero-order valence-electron chi connectivity index (χ0n) is 9.44. The fraction of sp³-hybridized carbons (Fsp3) is 0.231. The highest BCUT2D eigenvalue weighted by Crippen LogP contribution is 2.17. The van der Waals surface area contributed by atoms with Crippen molar-refractivity contribution >= 4 is 11.6 Å². The summed E-state index contributed by atoms with van der Waals surface area (Å²) in [6.45, 7) is 0.600. The number of aromatic nitrogens is 2. The van der Waals surface area contributed by atoms with E-state index in [1.165, 1.54) is 0 Å². The monoisotopic (exact) mass is 247 g/mol. The average molecular weight is 248 g/mol. The van der Waals surface area contributed by atoms with Gasteiger partial charge in [-0.1, -0.05) is 29.8 Å². The van der Waals surface area contributed by atoms with Gasteiger partial charge in [-0.05, 0) is 24.2 Å². The molecule has 0 fully saturated rings. The first-order valence-electron chi connectivity index (χ1n) is 5.54. The van der Waals surface area contributed by atoms with Gasteiger partial charge in [0.05, 0.1) is 0 Å². The highest BCUT2D eigenvalue weighted by molar-refractivity contribution is 6.31. The Balaban J connectivity index is 2.18. The van der Waals surface area contributed by atoms with E-state index in [9.17, 15) is 0 Å². The topological polar surface area (TPSA) is 51.8 Å². The molecule has 2 aromatic rings. The van der Waals surface area contributed by atoms with Gasteiger partial charge in [-0.3, -0.25) is 0 Å². The molecule has 88 valence electrons. The normalized spacial score (nSPS) is 10.5. The molecule has 0 bridgehead atoms. The summed E-state index contributed by atoms with van der Waals surface area (Å²) in [6.07, 6.45) is 3.19. The molecule has 3 nitrogen and oxygen atoms in total. The van der Waals surface area contributed by atoms with Crippen LogP contribution in [0.1, 0.15) is 17.1 Å². The SMILES string of the molecule is NCCc1ccnc(Cc2ccccc2Cl)n1. The average Bonchev–Trinajstić information content (AvgIpc) is 2.33. The summed E-state index contributed by atoms with van der Waals surface area (Å²) in [4.78, 5) is 8.70. The zero-order chi connectivity index (χ0) is 12.1. The van der Waals surface area contributed by atoms with Crippen molar-refractivity contribution in [2.24, 2.45) is 5.73 Å². The van der Waals surface area contributed by atoms with Gasteiger partial charge < -0.3 is 5.73 Å². The fourth-order valence-corrected chi connectivity index (χ4v) is 1.83. The third-order valence-electron chi connectivity index (χ3n) is 2.47. The van der Waals surface area contributed by atoms with E-state index in [2.05, 4.69) is 9.97 Å². The van der Waals surface area contributed by atoms with Crippen molar-refractivity contribution in [2.75, 3.05) is 6.54 Å².